The van der Waals surface area contributed by atoms with E-state index in [1.165, 1.54) is 4.31 Å². The van der Waals surface area contributed by atoms with Crippen LogP contribution in [0.25, 0.3) is 0 Å². The molecule has 0 aromatic rings. The van der Waals surface area contributed by atoms with Gasteiger partial charge in [-0.25, -0.2) is 12.7 Å². The highest BCUT2D eigenvalue weighted by molar-refractivity contribution is 7.89. The minimum Gasteiger partial charge on any atom is -0.353 e. The third kappa shape index (κ3) is 5.94. The van der Waals surface area contributed by atoms with Gasteiger partial charge in [-0.1, -0.05) is 13.8 Å². The number of nitrogens with one attached hydrogen (secondary N) is 1. The number of amides is 1. The van der Waals surface area contributed by atoms with Crippen LogP contribution in [0.2, 0.25) is 0 Å². The zero-order valence-corrected chi connectivity index (χ0v) is 14.6. The van der Waals surface area contributed by atoms with Gasteiger partial charge in [0.1, 0.15) is 0 Å². The number of rotatable bonds is 7. The van der Waals surface area contributed by atoms with Crippen molar-refractivity contribution in [1.82, 2.24) is 9.62 Å². The van der Waals surface area contributed by atoms with E-state index < -0.39 is 10.0 Å². The van der Waals surface area contributed by atoms with Gasteiger partial charge in [-0.15, -0.1) is 0 Å². The minimum absolute atomic E-state index is 0.0465. The molecule has 1 aliphatic rings. The van der Waals surface area contributed by atoms with Gasteiger partial charge in [-0.3, -0.25) is 4.79 Å². The SMILES string of the molecule is CCS(=O)(=O)N1CCC(C(=O)NC(C)CCC(C)C)CC1. The molecular weight excluding hydrogens is 288 g/mol. The molecule has 124 valence electrons. The normalized spacial score (nSPS) is 19.7. The van der Waals surface area contributed by atoms with E-state index in [9.17, 15) is 13.2 Å². The van der Waals surface area contributed by atoms with E-state index in [0.717, 1.165) is 12.8 Å². The van der Waals surface area contributed by atoms with Gasteiger partial charge in [0.05, 0.1) is 5.75 Å². The molecule has 0 aromatic heterocycles. The maximum absolute atomic E-state index is 12.2. The van der Waals surface area contributed by atoms with Crippen molar-refractivity contribution < 1.29 is 13.2 Å². The molecule has 1 heterocycles. The van der Waals surface area contributed by atoms with Crippen molar-refractivity contribution in [1.29, 1.82) is 0 Å². The van der Waals surface area contributed by atoms with Crippen molar-refractivity contribution in [2.45, 2.75) is 59.4 Å². The summed E-state index contributed by atoms with van der Waals surface area (Å²) in [6.07, 6.45) is 3.35. The molecule has 0 bridgehead atoms. The van der Waals surface area contributed by atoms with Gasteiger partial charge >= 0.3 is 0 Å². The van der Waals surface area contributed by atoms with E-state index in [2.05, 4.69) is 19.2 Å². The molecule has 0 spiro atoms. The van der Waals surface area contributed by atoms with Crippen LogP contribution in [0.3, 0.4) is 0 Å². The molecule has 6 heteroatoms. The van der Waals surface area contributed by atoms with Crippen molar-refractivity contribution in [3.8, 4) is 0 Å². The highest BCUT2D eigenvalue weighted by Crippen LogP contribution is 2.20. The summed E-state index contributed by atoms with van der Waals surface area (Å²) in [5.74, 6) is 0.817. The lowest BCUT2D eigenvalue weighted by Gasteiger charge is -2.31. The van der Waals surface area contributed by atoms with Crippen LogP contribution < -0.4 is 5.32 Å². The molecule has 0 aromatic carbocycles. The molecule has 0 radical (unpaired) electrons. The summed E-state index contributed by atoms with van der Waals surface area (Å²) in [6.45, 7) is 8.99. The molecule has 21 heavy (non-hydrogen) atoms. The molecule has 1 unspecified atom stereocenters. The second-order valence-electron chi connectivity index (χ2n) is 6.45. The summed E-state index contributed by atoms with van der Waals surface area (Å²) in [5.41, 5.74) is 0. The molecule has 1 atom stereocenters. The predicted octanol–water partition coefficient (Wildman–Crippen LogP) is 1.99. The van der Waals surface area contributed by atoms with Gasteiger partial charge in [0.25, 0.3) is 0 Å². The van der Waals surface area contributed by atoms with Crippen molar-refractivity contribution in [3.63, 3.8) is 0 Å². The van der Waals surface area contributed by atoms with Crippen LogP contribution in [0, 0.1) is 11.8 Å². The zero-order chi connectivity index (χ0) is 16.0. The van der Waals surface area contributed by atoms with Crippen molar-refractivity contribution in [3.05, 3.63) is 0 Å². The molecule has 1 aliphatic heterocycles. The first-order chi connectivity index (χ1) is 9.76. The average Bonchev–Trinajstić information content (AvgIpc) is 2.45. The Morgan fingerprint density at radius 2 is 1.76 bits per heavy atom. The Labute approximate surface area is 129 Å². The standard InChI is InChI=1S/C15H30N2O3S/c1-5-21(19,20)17-10-8-14(9-11-17)15(18)16-13(4)7-6-12(2)3/h12-14H,5-11H2,1-4H3,(H,16,18). The Bertz CT molecular complexity index is 426. The average molecular weight is 318 g/mol. The number of carbonyl (C=O) groups is 1. The van der Waals surface area contributed by atoms with Gasteiger partial charge in [0.15, 0.2) is 0 Å². The highest BCUT2D eigenvalue weighted by atomic mass is 32.2. The van der Waals surface area contributed by atoms with E-state index in [1.807, 2.05) is 6.92 Å². The maximum Gasteiger partial charge on any atom is 0.223 e. The quantitative estimate of drug-likeness (QED) is 0.780. The third-order valence-corrected chi connectivity index (χ3v) is 6.03. The Kier molecular flexibility index (Phi) is 7.13. The molecule has 1 fully saturated rings. The van der Waals surface area contributed by atoms with Gasteiger partial charge in [-0.2, -0.15) is 0 Å². The summed E-state index contributed by atoms with van der Waals surface area (Å²) >= 11 is 0. The number of sulfonamides is 1. The number of carbonyl (C=O) groups excluding carboxylic acids is 1. The van der Waals surface area contributed by atoms with Crippen molar-refractivity contribution in [2.75, 3.05) is 18.8 Å². The van der Waals surface area contributed by atoms with Crippen LogP contribution in [0.1, 0.15) is 53.4 Å². The van der Waals surface area contributed by atoms with E-state index in [1.54, 1.807) is 6.92 Å². The molecule has 1 saturated heterocycles. The third-order valence-electron chi connectivity index (χ3n) is 4.15. The minimum atomic E-state index is -3.11. The molecule has 5 nitrogen and oxygen atoms in total. The number of piperidine rings is 1. The van der Waals surface area contributed by atoms with Crippen molar-refractivity contribution >= 4 is 15.9 Å². The van der Waals surface area contributed by atoms with Gasteiger partial charge in [0.2, 0.25) is 15.9 Å². The first kappa shape index (κ1) is 18.4. The fourth-order valence-electron chi connectivity index (χ4n) is 2.59. The lowest BCUT2D eigenvalue weighted by atomic mass is 9.96. The molecular formula is C15H30N2O3S. The predicted molar refractivity (Wildman–Crippen MR) is 85.4 cm³/mol. The molecule has 1 rings (SSSR count). The Balaban J connectivity index is 2.38. The van der Waals surface area contributed by atoms with E-state index in [-0.39, 0.29) is 23.6 Å². The second-order valence-corrected chi connectivity index (χ2v) is 8.71. The fraction of sp³-hybridized carbons (Fsp3) is 0.933. The topological polar surface area (TPSA) is 66.5 Å². The molecule has 0 saturated carbocycles. The van der Waals surface area contributed by atoms with Crippen LogP contribution in [-0.2, 0) is 14.8 Å². The van der Waals surface area contributed by atoms with E-state index in [4.69, 9.17) is 0 Å². The van der Waals surface area contributed by atoms with E-state index >= 15 is 0 Å². The number of hydrogen-bond donors (Lipinski definition) is 1. The van der Waals surface area contributed by atoms with Crippen LogP contribution in [0.15, 0.2) is 0 Å². The smallest absolute Gasteiger partial charge is 0.223 e. The largest absolute Gasteiger partial charge is 0.353 e. The monoisotopic (exact) mass is 318 g/mol. The number of hydrogen-bond acceptors (Lipinski definition) is 3. The summed E-state index contributed by atoms with van der Waals surface area (Å²) in [7, 11) is -3.11. The molecule has 0 aliphatic carbocycles. The molecule has 1 N–H and O–H groups in total. The first-order valence-corrected chi connectivity index (χ1v) is 9.65. The van der Waals surface area contributed by atoms with Crippen LogP contribution in [0.5, 0.6) is 0 Å². The first-order valence-electron chi connectivity index (χ1n) is 8.04. The fourth-order valence-corrected chi connectivity index (χ4v) is 3.73. The summed E-state index contributed by atoms with van der Waals surface area (Å²) in [4.78, 5) is 12.2. The van der Waals surface area contributed by atoms with Crippen LogP contribution >= 0.6 is 0 Å². The van der Waals surface area contributed by atoms with Gasteiger partial charge < -0.3 is 5.32 Å². The van der Waals surface area contributed by atoms with Crippen LogP contribution in [0.4, 0.5) is 0 Å². The van der Waals surface area contributed by atoms with Gasteiger partial charge in [-0.05, 0) is 45.4 Å². The van der Waals surface area contributed by atoms with E-state index in [0.29, 0.717) is 31.8 Å². The van der Waals surface area contributed by atoms with Crippen LogP contribution in [-0.4, -0.2) is 43.5 Å². The molecule has 1 amide bonds. The zero-order valence-electron chi connectivity index (χ0n) is 13.8. The summed E-state index contributed by atoms with van der Waals surface area (Å²) in [5, 5.41) is 3.07. The lowest BCUT2D eigenvalue weighted by molar-refractivity contribution is -0.126. The summed E-state index contributed by atoms with van der Waals surface area (Å²) in [6, 6.07) is 0.192. The van der Waals surface area contributed by atoms with Crippen molar-refractivity contribution in [2.24, 2.45) is 11.8 Å². The second kappa shape index (κ2) is 8.13. The Morgan fingerprint density at radius 1 is 1.19 bits per heavy atom. The Morgan fingerprint density at radius 3 is 2.24 bits per heavy atom. The lowest BCUT2D eigenvalue weighted by Crippen LogP contribution is -2.45. The number of nitrogens with zero attached hydrogens (tertiary/aromatic N) is 1. The highest BCUT2D eigenvalue weighted by Gasteiger charge is 2.30. The summed E-state index contributed by atoms with van der Waals surface area (Å²) < 4.78 is 25.1. The maximum atomic E-state index is 12.2. The Hall–Kier alpha value is -0.620. The van der Waals surface area contributed by atoms with Gasteiger partial charge in [0, 0.05) is 25.0 Å².